The second-order valence-corrected chi connectivity index (χ2v) is 5.84. The van der Waals surface area contributed by atoms with E-state index in [0.29, 0.717) is 45.4 Å². The van der Waals surface area contributed by atoms with Crippen LogP contribution in [-0.4, -0.2) is 27.0 Å². The smallest absolute Gasteiger partial charge is 0.360 e. The Morgan fingerprint density at radius 2 is 1.89 bits per heavy atom. The molecule has 0 bridgehead atoms. The number of methoxy groups -OCH3 is 2. The maximum absolute atomic E-state index is 12.0. The van der Waals surface area contributed by atoms with Gasteiger partial charge in [-0.15, -0.1) is 0 Å². The summed E-state index contributed by atoms with van der Waals surface area (Å²) in [5.41, 5.74) is 2.29. The Hall–Kier alpha value is -3.72. The molecule has 144 valence electrons. The van der Waals surface area contributed by atoms with Crippen LogP contribution in [-0.2, 0) is 4.84 Å². The SMILES string of the molecule is COc1ccc(-c2c[nH+]oc2-c2cc(OC)c3c(c2)OCO3)cc1C(=O)ON. The zero-order valence-electron chi connectivity index (χ0n) is 15.1. The average molecular weight is 385 g/mol. The van der Waals surface area contributed by atoms with E-state index in [2.05, 4.69) is 9.99 Å². The number of aromatic amines is 1. The average Bonchev–Trinajstić information content (AvgIpc) is 3.41. The summed E-state index contributed by atoms with van der Waals surface area (Å²) in [4.78, 5) is 16.3. The van der Waals surface area contributed by atoms with E-state index in [1.54, 1.807) is 43.6 Å². The van der Waals surface area contributed by atoms with Crippen LogP contribution in [0.4, 0.5) is 0 Å². The van der Waals surface area contributed by atoms with Crippen LogP contribution in [0.25, 0.3) is 22.5 Å². The zero-order valence-corrected chi connectivity index (χ0v) is 15.1. The van der Waals surface area contributed by atoms with Crippen molar-refractivity contribution in [1.82, 2.24) is 0 Å². The van der Waals surface area contributed by atoms with Gasteiger partial charge in [0, 0.05) is 5.56 Å². The zero-order chi connectivity index (χ0) is 19.7. The van der Waals surface area contributed by atoms with Crippen LogP contribution in [0.15, 0.2) is 41.1 Å². The van der Waals surface area contributed by atoms with Gasteiger partial charge in [-0.1, -0.05) is 6.07 Å². The lowest BCUT2D eigenvalue weighted by Crippen LogP contribution is -2.11. The van der Waals surface area contributed by atoms with Crippen molar-refractivity contribution in [2.75, 3.05) is 21.0 Å². The first-order chi connectivity index (χ1) is 13.7. The Balaban J connectivity index is 1.82. The van der Waals surface area contributed by atoms with E-state index in [1.807, 2.05) is 0 Å². The van der Waals surface area contributed by atoms with Crippen molar-refractivity contribution >= 4 is 5.97 Å². The predicted molar refractivity (Wildman–Crippen MR) is 95.0 cm³/mol. The summed E-state index contributed by atoms with van der Waals surface area (Å²) in [6, 6.07) is 8.62. The van der Waals surface area contributed by atoms with E-state index in [4.69, 9.17) is 29.4 Å². The van der Waals surface area contributed by atoms with Crippen molar-refractivity contribution in [3.8, 4) is 45.4 Å². The monoisotopic (exact) mass is 385 g/mol. The van der Waals surface area contributed by atoms with Gasteiger partial charge in [0.25, 0.3) is 0 Å². The number of benzene rings is 2. The first kappa shape index (κ1) is 17.7. The highest BCUT2D eigenvalue weighted by molar-refractivity contribution is 5.94. The summed E-state index contributed by atoms with van der Waals surface area (Å²) >= 11 is 0. The number of carbonyl (C=O) groups excluding carboxylic acids is 1. The lowest BCUT2D eigenvalue weighted by Gasteiger charge is -2.09. The summed E-state index contributed by atoms with van der Waals surface area (Å²) in [6.45, 7) is 0.120. The number of fused-ring (bicyclic) bond motifs is 1. The first-order valence-corrected chi connectivity index (χ1v) is 8.23. The van der Waals surface area contributed by atoms with Crippen LogP contribution in [0.5, 0.6) is 23.0 Å². The van der Waals surface area contributed by atoms with Gasteiger partial charge in [-0.05, 0) is 35.0 Å². The molecular formula is C19H17N2O7+. The molecule has 28 heavy (non-hydrogen) atoms. The molecule has 3 aromatic rings. The van der Waals surface area contributed by atoms with Crippen LogP contribution in [0, 0.1) is 0 Å². The summed E-state index contributed by atoms with van der Waals surface area (Å²) in [7, 11) is 3.00. The third-order valence-corrected chi connectivity index (χ3v) is 4.37. The number of nitrogens with one attached hydrogen (secondary N) is 1. The van der Waals surface area contributed by atoms with Crippen LogP contribution < -0.4 is 30.0 Å². The van der Waals surface area contributed by atoms with E-state index >= 15 is 0 Å². The Labute approximate surface area is 159 Å². The summed E-state index contributed by atoms with van der Waals surface area (Å²) in [6.07, 6.45) is 1.67. The minimum Gasteiger partial charge on any atom is -0.496 e. The van der Waals surface area contributed by atoms with Crippen molar-refractivity contribution < 1.29 is 38.3 Å². The normalized spacial score (nSPS) is 12.0. The van der Waals surface area contributed by atoms with Gasteiger partial charge >= 0.3 is 5.97 Å². The molecule has 4 rings (SSSR count). The third kappa shape index (κ3) is 2.87. The van der Waals surface area contributed by atoms with Crippen LogP contribution >= 0.6 is 0 Å². The molecule has 3 N–H and O–H groups in total. The van der Waals surface area contributed by atoms with E-state index in [0.717, 1.165) is 0 Å². The molecule has 0 aliphatic carbocycles. The number of H-pyrrole nitrogens is 1. The van der Waals surface area contributed by atoms with Gasteiger partial charge in [0.15, 0.2) is 11.5 Å². The Bertz CT molecular complexity index is 1040. The van der Waals surface area contributed by atoms with Gasteiger partial charge in [0.05, 0.1) is 14.2 Å². The van der Waals surface area contributed by atoms with E-state index in [9.17, 15) is 4.79 Å². The number of aromatic nitrogens is 1. The minimum atomic E-state index is -0.711. The van der Waals surface area contributed by atoms with Gasteiger partial charge in [-0.25, -0.2) is 9.32 Å². The molecule has 0 unspecified atom stereocenters. The third-order valence-electron chi connectivity index (χ3n) is 4.37. The second kappa shape index (κ2) is 7.12. The van der Waals surface area contributed by atoms with Crippen molar-refractivity contribution in [3.63, 3.8) is 0 Å². The van der Waals surface area contributed by atoms with E-state index in [-0.39, 0.29) is 12.4 Å². The maximum atomic E-state index is 12.0. The highest BCUT2D eigenvalue weighted by Gasteiger charge is 2.26. The molecule has 2 aromatic carbocycles. The lowest BCUT2D eigenvalue weighted by atomic mass is 9.99. The van der Waals surface area contributed by atoms with Gasteiger partial charge in [0.2, 0.25) is 24.5 Å². The highest BCUT2D eigenvalue weighted by atomic mass is 16.7. The van der Waals surface area contributed by atoms with E-state index in [1.165, 1.54) is 7.11 Å². The predicted octanol–water partition coefficient (Wildman–Crippen LogP) is 2.20. The van der Waals surface area contributed by atoms with Gasteiger partial charge in [-0.3, -0.25) is 0 Å². The summed E-state index contributed by atoms with van der Waals surface area (Å²) < 4.78 is 27.1. The van der Waals surface area contributed by atoms with Crippen LogP contribution in [0.3, 0.4) is 0 Å². The molecule has 1 aliphatic heterocycles. The molecule has 0 saturated heterocycles. The van der Waals surface area contributed by atoms with Crippen LogP contribution in [0.1, 0.15) is 10.4 Å². The van der Waals surface area contributed by atoms with Crippen molar-refractivity contribution in [1.29, 1.82) is 0 Å². The topological polar surface area (TPSA) is 117 Å². The molecule has 2 heterocycles. The molecular weight excluding hydrogens is 368 g/mol. The lowest BCUT2D eigenvalue weighted by molar-refractivity contribution is -0.606. The molecule has 1 aromatic heterocycles. The van der Waals surface area contributed by atoms with Gasteiger partial charge < -0.3 is 23.8 Å². The molecule has 0 saturated carbocycles. The number of ether oxygens (including phenoxy) is 4. The highest BCUT2D eigenvalue weighted by Crippen LogP contribution is 2.45. The molecule has 0 atom stereocenters. The van der Waals surface area contributed by atoms with Crippen LogP contribution in [0.2, 0.25) is 0 Å². The fourth-order valence-electron chi connectivity index (χ4n) is 3.06. The molecule has 0 radical (unpaired) electrons. The minimum absolute atomic E-state index is 0.120. The maximum Gasteiger partial charge on any atom is 0.360 e. The number of hydrogen-bond acceptors (Lipinski definition) is 8. The Morgan fingerprint density at radius 3 is 2.64 bits per heavy atom. The standard InChI is InChI=1S/C19H16N2O7/c1-23-14-4-3-10(5-12(14)19(22)27-20)13-8-21-28-17(13)11-6-15(24-2)18-16(7-11)25-9-26-18/h3-8H,9,20H2,1-2H3/p+1. The summed E-state index contributed by atoms with van der Waals surface area (Å²) in [5.74, 6) is 6.81. The first-order valence-electron chi connectivity index (χ1n) is 8.23. The molecule has 1 aliphatic rings. The Morgan fingerprint density at radius 1 is 1.07 bits per heavy atom. The number of hydrogen-bond donors (Lipinski definition) is 1. The fourth-order valence-corrected chi connectivity index (χ4v) is 3.06. The van der Waals surface area contributed by atoms with Gasteiger partial charge in [0.1, 0.15) is 16.9 Å². The quantitative estimate of drug-likeness (QED) is 0.665. The molecule has 9 heteroatoms. The van der Waals surface area contributed by atoms with E-state index < -0.39 is 5.97 Å². The molecule has 9 nitrogen and oxygen atoms in total. The Kier molecular flexibility index (Phi) is 4.50. The number of carbonyl (C=O) groups is 1. The molecule has 0 spiro atoms. The summed E-state index contributed by atoms with van der Waals surface area (Å²) in [5, 5.41) is 2.73. The second-order valence-electron chi connectivity index (χ2n) is 5.84. The van der Waals surface area contributed by atoms with Crippen molar-refractivity contribution in [3.05, 3.63) is 42.1 Å². The molecule has 0 amide bonds. The fraction of sp³-hybridized carbons (Fsp3) is 0.158. The largest absolute Gasteiger partial charge is 0.496 e. The van der Waals surface area contributed by atoms with Crippen molar-refractivity contribution in [2.24, 2.45) is 5.90 Å². The van der Waals surface area contributed by atoms with Crippen molar-refractivity contribution in [2.45, 2.75) is 0 Å². The number of rotatable bonds is 5. The molecule has 0 fully saturated rings. The van der Waals surface area contributed by atoms with Gasteiger partial charge in [-0.2, -0.15) is 5.90 Å². The number of nitrogens with two attached hydrogens (primary N) is 1.